The molecule has 0 aliphatic carbocycles. The smallest absolute Gasteiger partial charge is 0.258 e. The molecule has 1 unspecified atom stereocenters. The number of aromatic nitrogens is 2. The van der Waals surface area contributed by atoms with Crippen LogP contribution < -0.4 is 15.9 Å². The molecule has 0 aliphatic heterocycles. The van der Waals surface area contributed by atoms with Crippen molar-refractivity contribution in [1.29, 1.82) is 0 Å². The van der Waals surface area contributed by atoms with Crippen LogP contribution in [0.3, 0.4) is 0 Å². The van der Waals surface area contributed by atoms with E-state index in [-0.39, 0.29) is 28.2 Å². The lowest BCUT2D eigenvalue weighted by Gasteiger charge is -2.25. The predicted molar refractivity (Wildman–Crippen MR) is 124 cm³/mol. The second-order valence-electron chi connectivity index (χ2n) is 7.68. The Hall–Kier alpha value is -3.48. The average Bonchev–Trinajstić information content (AvgIpc) is 2.73. The summed E-state index contributed by atoms with van der Waals surface area (Å²) in [6.07, 6.45) is 0. The molecular formula is C25H30N2O5. The zero-order chi connectivity index (χ0) is 23.6. The molecule has 2 heterocycles. The Bertz CT molecular complexity index is 1240. The molecule has 2 aromatic heterocycles. The molecule has 1 atom stereocenters. The normalized spacial score (nSPS) is 12.0. The molecule has 0 bridgehead atoms. The van der Waals surface area contributed by atoms with E-state index < -0.39 is 5.92 Å². The summed E-state index contributed by atoms with van der Waals surface area (Å²) in [7, 11) is 0. The zero-order valence-corrected chi connectivity index (χ0v) is 19.2. The van der Waals surface area contributed by atoms with E-state index in [0.717, 1.165) is 6.07 Å². The largest absolute Gasteiger partial charge is 0.507 e. The van der Waals surface area contributed by atoms with Gasteiger partial charge in [-0.25, -0.2) is 0 Å². The van der Waals surface area contributed by atoms with Gasteiger partial charge < -0.3 is 24.1 Å². The number of nitrogens with zero attached hydrogens (tertiary/aromatic N) is 2. The molecule has 0 saturated carbocycles. The molecule has 3 rings (SSSR count). The van der Waals surface area contributed by atoms with Crippen molar-refractivity contribution in [2.45, 2.75) is 53.6 Å². The lowest BCUT2D eigenvalue weighted by atomic mass is 9.83. The van der Waals surface area contributed by atoms with E-state index in [4.69, 9.17) is 4.74 Å². The molecule has 32 heavy (non-hydrogen) atoms. The van der Waals surface area contributed by atoms with Crippen molar-refractivity contribution in [3.63, 3.8) is 0 Å². The number of benzene rings is 1. The Morgan fingerprint density at radius 1 is 0.875 bits per heavy atom. The van der Waals surface area contributed by atoms with Gasteiger partial charge in [-0.15, -0.1) is 0 Å². The lowest BCUT2D eigenvalue weighted by molar-refractivity contribution is 0.340. The Labute approximate surface area is 187 Å². The van der Waals surface area contributed by atoms with Crippen LogP contribution in [0.4, 0.5) is 0 Å². The fourth-order valence-electron chi connectivity index (χ4n) is 4.35. The molecule has 0 radical (unpaired) electrons. The highest BCUT2D eigenvalue weighted by Gasteiger charge is 2.30. The number of rotatable bonds is 7. The molecule has 7 heteroatoms. The third kappa shape index (κ3) is 4.02. The maximum atomic E-state index is 13.5. The van der Waals surface area contributed by atoms with Gasteiger partial charge in [-0.3, -0.25) is 9.59 Å². The monoisotopic (exact) mass is 438 g/mol. The summed E-state index contributed by atoms with van der Waals surface area (Å²) in [5, 5.41) is 21.8. The number of hydrogen-bond acceptors (Lipinski definition) is 5. The molecular weight excluding hydrogens is 408 g/mol. The molecule has 0 spiro atoms. The highest BCUT2D eigenvalue weighted by atomic mass is 16.5. The second-order valence-corrected chi connectivity index (χ2v) is 7.68. The maximum absolute atomic E-state index is 13.5. The Morgan fingerprint density at radius 2 is 1.47 bits per heavy atom. The molecule has 0 saturated heterocycles. The molecule has 7 nitrogen and oxygen atoms in total. The van der Waals surface area contributed by atoms with Gasteiger partial charge in [0.1, 0.15) is 17.2 Å². The van der Waals surface area contributed by atoms with Gasteiger partial charge in [-0.1, -0.05) is 12.1 Å². The van der Waals surface area contributed by atoms with Crippen molar-refractivity contribution >= 4 is 0 Å². The van der Waals surface area contributed by atoms with Crippen molar-refractivity contribution in [3.8, 4) is 17.2 Å². The van der Waals surface area contributed by atoms with E-state index in [2.05, 4.69) is 0 Å². The van der Waals surface area contributed by atoms with E-state index in [1.54, 1.807) is 41.2 Å². The van der Waals surface area contributed by atoms with Gasteiger partial charge in [0.25, 0.3) is 11.1 Å². The van der Waals surface area contributed by atoms with Gasteiger partial charge in [0.2, 0.25) is 0 Å². The highest BCUT2D eigenvalue weighted by Crippen LogP contribution is 2.40. The van der Waals surface area contributed by atoms with E-state index in [0.29, 0.717) is 48.0 Å². The van der Waals surface area contributed by atoms with Crippen LogP contribution in [0.5, 0.6) is 17.2 Å². The van der Waals surface area contributed by atoms with Crippen LogP contribution in [0.1, 0.15) is 54.8 Å². The van der Waals surface area contributed by atoms with Crippen LogP contribution in [0.25, 0.3) is 0 Å². The third-order valence-corrected chi connectivity index (χ3v) is 5.85. The third-order valence-electron chi connectivity index (χ3n) is 5.85. The fraction of sp³-hybridized carbons (Fsp3) is 0.360. The van der Waals surface area contributed by atoms with Crippen molar-refractivity contribution in [2.75, 3.05) is 6.61 Å². The van der Waals surface area contributed by atoms with Crippen LogP contribution in [-0.4, -0.2) is 26.0 Å². The van der Waals surface area contributed by atoms with Crippen molar-refractivity contribution in [1.82, 2.24) is 9.13 Å². The number of hydrogen-bond donors (Lipinski definition) is 2. The van der Waals surface area contributed by atoms with Gasteiger partial charge in [-0.05, 0) is 58.4 Å². The van der Waals surface area contributed by atoms with Crippen LogP contribution in [0.15, 0.2) is 46.0 Å². The van der Waals surface area contributed by atoms with E-state index in [9.17, 15) is 19.8 Å². The van der Waals surface area contributed by atoms with Crippen molar-refractivity contribution in [3.05, 3.63) is 85.2 Å². The van der Waals surface area contributed by atoms with Crippen LogP contribution in [0, 0.1) is 13.8 Å². The summed E-state index contributed by atoms with van der Waals surface area (Å²) < 4.78 is 8.67. The minimum atomic E-state index is -0.782. The lowest BCUT2D eigenvalue weighted by Crippen LogP contribution is -2.29. The molecule has 0 amide bonds. The summed E-state index contributed by atoms with van der Waals surface area (Å²) >= 11 is 0. The van der Waals surface area contributed by atoms with E-state index in [1.807, 2.05) is 32.9 Å². The summed E-state index contributed by atoms with van der Waals surface area (Å²) in [6.45, 7) is 10.5. The molecule has 170 valence electrons. The summed E-state index contributed by atoms with van der Waals surface area (Å²) in [4.78, 5) is 25.9. The quantitative estimate of drug-likeness (QED) is 0.587. The SMILES string of the molecule is CCOc1ccc(C(c2c(O)cc(=O)n(CC)c2C)c2c(O)cc(C)n(CC)c2=O)cc1. The van der Waals surface area contributed by atoms with Gasteiger partial charge in [0.15, 0.2) is 0 Å². The summed E-state index contributed by atoms with van der Waals surface area (Å²) in [6, 6.07) is 9.92. The Balaban J connectivity index is 2.41. The number of aryl methyl sites for hydroxylation is 1. The molecule has 3 aromatic rings. The van der Waals surface area contributed by atoms with E-state index >= 15 is 0 Å². The molecule has 0 fully saturated rings. The Morgan fingerprint density at radius 3 is 2.03 bits per heavy atom. The van der Waals surface area contributed by atoms with Gasteiger partial charge >= 0.3 is 0 Å². The van der Waals surface area contributed by atoms with Crippen LogP contribution in [0.2, 0.25) is 0 Å². The Kier molecular flexibility index (Phi) is 6.77. The first kappa shape index (κ1) is 23.2. The summed E-state index contributed by atoms with van der Waals surface area (Å²) in [5.74, 6) is -0.466. The van der Waals surface area contributed by atoms with Gasteiger partial charge in [-0.2, -0.15) is 0 Å². The molecule has 2 N–H and O–H groups in total. The first-order valence-electron chi connectivity index (χ1n) is 10.8. The predicted octanol–water partition coefficient (Wildman–Crippen LogP) is 3.66. The first-order chi connectivity index (χ1) is 15.2. The number of ether oxygens (including phenoxy) is 1. The molecule has 1 aromatic carbocycles. The van der Waals surface area contributed by atoms with E-state index in [1.165, 1.54) is 0 Å². The van der Waals surface area contributed by atoms with Crippen molar-refractivity contribution < 1.29 is 14.9 Å². The summed E-state index contributed by atoms with van der Waals surface area (Å²) in [5.41, 5.74) is 1.78. The zero-order valence-electron chi connectivity index (χ0n) is 19.2. The van der Waals surface area contributed by atoms with Crippen LogP contribution in [-0.2, 0) is 13.1 Å². The first-order valence-corrected chi connectivity index (χ1v) is 10.8. The molecule has 0 aliphatic rings. The van der Waals surface area contributed by atoms with Gasteiger partial charge in [0.05, 0.1) is 12.2 Å². The highest BCUT2D eigenvalue weighted by molar-refractivity contribution is 5.54. The minimum absolute atomic E-state index is 0.149. The number of pyridine rings is 2. The standard InChI is InChI=1S/C25H30N2O5/c1-6-26-15(4)13-19(28)24(25(26)31)23(17-9-11-18(12-10-17)32-8-3)22-16(5)27(7-2)21(30)14-20(22)29/h9-14,23,28-29H,6-8H2,1-5H3. The van der Waals surface area contributed by atoms with Crippen LogP contribution >= 0.6 is 0 Å². The average molecular weight is 439 g/mol. The minimum Gasteiger partial charge on any atom is -0.507 e. The fourth-order valence-corrected chi connectivity index (χ4v) is 4.35. The number of aromatic hydroxyl groups is 2. The maximum Gasteiger partial charge on any atom is 0.258 e. The van der Waals surface area contributed by atoms with Gasteiger partial charge in [0, 0.05) is 42.0 Å². The topological polar surface area (TPSA) is 93.7 Å². The van der Waals surface area contributed by atoms with Crippen molar-refractivity contribution in [2.24, 2.45) is 0 Å². The second kappa shape index (κ2) is 9.34.